The molecule has 1 heterocycles. The number of carbonyl (C=O) groups is 1. The lowest BCUT2D eigenvalue weighted by Crippen LogP contribution is -2.13. The first-order chi connectivity index (χ1) is 10.7. The Morgan fingerprint density at radius 2 is 1.95 bits per heavy atom. The molecule has 1 aromatic heterocycles. The van der Waals surface area contributed by atoms with Crippen LogP contribution in [0.4, 0.5) is 0 Å². The highest BCUT2D eigenvalue weighted by molar-refractivity contribution is 5.89. The smallest absolute Gasteiger partial charge is 0.221 e. The monoisotopic (exact) mass is 294 g/mol. The maximum absolute atomic E-state index is 11.3. The molecule has 0 aliphatic carbocycles. The Hall–Kier alpha value is -2.75. The number of benzene rings is 2. The van der Waals surface area contributed by atoms with Crippen molar-refractivity contribution >= 4 is 16.8 Å². The molecule has 0 spiro atoms. The van der Waals surface area contributed by atoms with Crippen LogP contribution >= 0.6 is 0 Å². The van der Waals surface area contributed by atoms with Crippen molar-refractivity contribution in [3.05, 3.63) is 65.9 Å². The molecule has 0 aliphatic heterocycles. The zero-order chi connectivity index (χ0) is 15.5. The third-order valence-corrected chi connectivity index (χ3v) is 3.73. The Labute approximate surface area is 129 Å². The Balaban J connectivity index is 2.08. The van der Waals surface area contributed by atoms with Gasteiger partial charge in [-0.1, -0.05) is 30.3 Å². The number of carbonyl (C=O) groups excluding carboxylic acids is 1. The van der Waals surface area contributed by atoms with Gasteiger partial charge in [-0.15, -0.1) is 0 Å². The van der Waals surface area contributed by atoms with Crippen LogP contribution in [0.25, 0.3) is 10.9 Å². The molecule has 112 valence electrons. The van der Waals surface area contributed by atoms with Crippen LogP contribution in [0.5, 0.6) is 5.75 Å². The molecule has 0 radical (unpaired) electrons. The number of amides is 1. The molecule has 0 fully saturated rings. The van der Waals surface area contributed by atoms with E-state index in [1.54, 1.807) is 7.11 Å². The quantitative estimate of drug-likeness (QED) is 0.786. The van der Waals surface area contributed by atoms with Gasteiger partial charge in [-0.2, -0.15) is 0 Å². The van der Waals surface area contributed by atoms with E-state index in [0.29, 0.717) is 0 Å². The second kappa shape index (κ2) is 5.93. The number of hydrogen-bond acceptors (Lipinski definition) is 2. The van der Waals surface area contributed by atoms with E-state index in [1.807, 2.05) is 42.6 Å². The molecule has 2 N–H and O–H groups in total. The van der Waals surface area contributed by atoms with E-state index in [4.69, 9.17) is 10.5 Å². The van der Waals surface area contributed by atoms with Crippen molar-refractivity contribution < 1.29 is 9.53 Å². The van der Waals surface area contributed by atoms with E-state index in [0.717, 1.165) is 28.8 Å². The molecular weight excluding hydrogens is 276 g/mol. The van der Waals surface area contributed by atoms with Crippen LogP contribution in [0.3, 0.4) is 0 Å². The highest BCUT2D eigenvalue weighted by atomic mass is 16.5. The number of nitrogens with zero attached hydrogens (tertiary/aromatic N) is 1. The van der Waals surface area contributed by atoms with Crippen molar-refractivity contribution in [2.75, 3.05) is 7.11 Å². The molecule has 2 aromatic carbocycles. The summed E-state index contributed by atoms with van der Waals surface area (Å²) < 4.78 is 7.43. The molecular formula is C18H18N2O2. The zero-order valence-electron chi connectivity index (χ0n) is 12.5. The highest BCUT2D eigenvalue weighted by Gasteiger charge is 2.12. The summed E-state index contributed by atoms with van der Waals surface area (Å²) in [6.07, 6.45) is 2.23. The van der Waals surface area contributed by atoms with Gasteiger partial charge in [0.2, 0.25) is 5.91 Å². The molecule has 3 rings (SSSR count). The second-order valence-corrected chi connectivity index (χ2v) is 5.29. The van der Waals surface area contributed by atoms with Gasteiger partial charge in [0.1, 0.15) is 5.75 Å². The number of rotatable bonds is 5. The van der Waals surface area contributed by atoms with Crippen LogP contribution < -0.4 is 10.5 Å². The third kappa shape index (κ3) is 2.81. The molecule has 0 aliphatic rings. The first-order valence-corrected chi connectivity index (χ1v) is 7.15. The summed E-state index contributed by atoms with van der Waals surface area (Å²) in [7, 11) is 1.63. The molecule has 0 atom stereocenters. The second-order valence-electron chi connectivity index (χ2n) is 5.29. The topological polar surface area (TPSA) is 57.2 Å². The lowest BCUT2D eigenvalue weighted by Gasteiger charge is -2.06. The Bertz CT molecular complexity index is 807. The van der Waals surface area contributed by atoms with Crippen LogP contribution in [-0.2, 0) is 17.8 Å². The van der Waals surface area contributed by atoms with Gasteiger partial charge in [-0.3, -0.25) is 4.79 Å². The summed E-state index contributed by atoms with van der Waals surface area (Å²) >= 11 is 0. The average Bonchev–Trinajstić information content (AvgIpc) is 2.84. The number of ether oxygens (including phenoxy) is 1. The van der Waals surface area contributed by atoms with Crippen LogP contribution in [0, 0.1) is 0 Å². The summed E-state index contributed by atoms with van der Waals surface area (Å²) in [6, 6.07) is 16.1. The maximum atomic E-state index is 11.3. The summed E-state index contributed by atoms with van der Waals surface area (Å²) in [5.74, 6) is 0.442. The number of fused-ring (bicyclic) bond motifs is 1. The highest BCUT2D eigenvalue weighted by Crippen LogP contribution is 2.27. The first-order valence-electron chi connectivity index (χ1n) is 7.15. The van der Waals surface area contributed by atoms with Crippen LogP contribution in [0.2, 0.25) is 0 Å². The lowest BCUT2D eigenvalue weighted by atomic mass is 10.1. The molecule has 0 unspecified atom stereocenters. The number of aromatic nitrogens is 1. The number of nitrogens with two attached hydrogens (primary N) is 1. The summed E-state index contributed by atoms with van der Waals surface area (Å²) in [5, 5.41) is 1.01. The summed E-state index contributed by atoms with van der Waals surface area (Å²) in [5.41, 5.74) is 8.58. The Kier molecular flexibility index (Phi) is 3.83. The number of methoxy groups -OCH3 is 1. The minimum Gasteiger partial charge on any atom is -0.497 e. The van der Waals surface area contributed by atoms with Gasteiger partial charge in [0.25, 0.3) is 0 Å². The SMILES string of the molecule is COc1ccc2c(c1)c(CC(N)=O)cn2Cc1ccccc1. The summed E-state index contributed by atoms with van der Waals surface area (Å²) in [4.78, 5) is 11.3. The van der Waals surface area contributed by atoms with Crippen molar-refractivity contribution in [3.63, 3.8) is 0 Å². The molecule has 22 heavy (non-hydrogen) atoms. The molecule has 1 amide bonds. The zero-order valence-corrected chi connectivity index (χ0v) is 12.5. The van der Waals surface area contributed by atoms with E-state index in [-0.39, 0.29) is 12.3 Å². The third-order valence-electron chi connectivity index (χ3n) is 3.73. The Morgan fingerprint density at radius 3 is 2.64 bits per heavy atom. The van der Waals surface area contributed by atoms with E-state index in [9.17, 15) is 4.79 Å². The predicted molar refractivity (Wildman–Crippen MR) is 86.9 cm³/mol. The molecule has 0 saturated carbocycles. The lowest BCUT2D eigenvalue weighted by molar-refractivity contribution is -0.117. The van der Waals surface area contributed by atoms with Gasteiger partial charge >= 0.3 is 0 Å². The van der Waals surface area contributed by atoms with E-state index in [2.05, 4.69) is 16.7 Å². The molecule has 4 heteroatoms. The van der Waals surface area contributed by atoms with Crippen molar-refractivity contribution in [2.24, 2.45) is 5.73 Å². The fourth-order valence-corrected chi connectivity index (χ4v) is 2.72. The fraction of sp³-hybridized carbons (Fsp3) is 0.167. The normalized spacial score (nSPS) is 10.8. The Morgan fingerprint density at radius 1 is 1.18 bits per heavy atom. The van der Waals surface area contributed by atoms with Crippen LogP contribution in [-0.4, -0.2) is 17.6 Å². The summed E-state index contributed by atoms with van der Waals surface area (Å²) in [6.45, 7) is 0.752. The van der Waals surface area contributed by atoms with Gasteiger partial charge in [0.05, 0.1) is 13.5 Å². The van der Waals surface area contributed by atoms with Crippen molar-refractivity contribution in [1.82, 2.24) is 4.57 Å². The molecule has 3 aromatic rings. The average molecular weight is 294 g/mol. The van der Waals surface area contributed by atoms with E-state index in [1.165, 1.54) is 5.56 Å². The van der Waals surface area contributed by atoms with E-state index < -0.39 is 0 Å². The van der Waals surface area contributed by atoms with Crippen molar-refractivity contribution in [2.45, 2.75) is 13.0 Å². The fourth-order valence-electron chi connectivity index (χ4n) is 2.72. The first kappa shape index (κ1) is 14.2. The number of primary amides is 1. The van der Waals surface area contributed by atoms with E-state index >= 15 is 0 Å². The largest absolute Gasteiger partial charge is 0.497 e. The van der Waals surface area contributed by atoms with Crippen LogP contribution in [0.1, 0.15) is 11.1 Å². The minimum atomic E-state index is -0.332. The minimum absolute atomic E-state index is 0.228. The van der Waals surface area contributed by atoms with Crippen LogP contribution in [0.15, 0.2) is 54.7 Å². The van der Waals surface area contributed by atoms with Gasteiger partial charge in [-0.05, 0) is 29.3 Å². The van der Waals surface area contributed by atoms with Crippen molar-refractivity contribution in [1.29, 1.82) is 0 Å². The molecule has 0 saturated heterocycles. The van der Waals surface area contributed by atoms with Gasteiger partial charge in [0, 0.05) is 23.6 Å². The van der Waals surface area contributed by atoms with Crippen molar-refractivity contribution in [3.8, 4) is 5.75 Å². The predicted octanol–water partition coefficient (Wildman–Crippen LogP) is 2.73. The molecule has 4 nitrogen and oxygen atoms in total. The van der Waals surface area contributed by atoms with Gasteiger partial charge < -0.3 is 15.0 Å². The van der Waals surface area contributed by atoms with Gasteiger partial charge in [-0.25, -0.2) is 0 Å². The van der Waals surface area contributed by atoms with Gasteiger partial charge in [0.15, 0.2) is 0 Å². The maximum Gasteiger partial charge on any atom is 0.221 e. The molecule has 0 bridgehead atoms. The standard InChI is InChI=1S/C18H18N2O2/c1-22-15-7-8-17-16(10-15)14(9-18(19)21)12-20(17)11-13-5-3-2-4-6-13/h2-8,10,12H,9,11H2,1H3,(H2,19,21). The number of hydrogen-bond donors (Lipinski definition) is 1.